The zero-order valence-electron chi connectivity index (χ0n) is 13.6. The van der Waals surface area contributed by atoms with E-state index in [4.69, 9.17) is 16.3 Å². The lowest BCUT2D eigenvalue weighted by Crippen LogP contribution is -2.14. The van der Waals surface area contributed by atoms with Gasteiger partial charge in [0, 0.05) is 24.7 Å². The summed E-state index contributed by atoms with van der Waals surface area (Å²) < 4.78 is 7.09. The number of anilines is 1. The minimum absolute atomic E-state index is 0.143. The van der Waals surface area contributed by atoms with Crippen molar-refractivity contribution in [3.8, 4) is 5.75 Å². The van der Waals surface area contributed by atoms with Crippen molar-refractivity contribution in [2.24, 2.45) is 0 Å². The van der Waals surface area contributed by atoms with E-state index in [1.165, 1.54) is 18.9 Å². The van der Waals surface area contributed by atoms with E-state index in [0.717, 1.165) is 12.2 Å². The summed E-state index contributed by atoms with van der Waals surface area (Å²) in [7, 11) is 1.53. The molecule has 0 fully saturated rings. The summed E-state index contributed by atoms with van der Waals surface area (Å²) in [6.07, 6.45) is 2.56. The molecule has 1 heterocycles. The van der Waals surface area contributed by atoms with E-state index in [2.05, 4.69) is 22.1 Å². The fourth-order valence-electron chi connectivity index (χ4n) is 2.06. The Kier molecular flexibility index (Phi) is 6.69. The predicted octanol–water partition coefficient (Wildman–Crippen LogP) is 3.42. The second-order valence-corrected chi connectivity index (χ2v) is 6.19. The predicted molar refractivity (Wildman–Crippen MR) is 97.0 cm³/mol. The Morgan fingerprint density at radius 1 is 1.50 bits per heavy atom. The molecule has 0 radical (unpaired) electrons. The molecule has 128 valence electrons. The molecule has 0 aliphatic rings. The van der Waals surface area contributed by atoms with Crippen LogP contribution in [-0.4, -0.2) is 33.5 Å². The number of halogens is 1. The number of carbonyl (C=O) groups excluding carboxylic acids is 1. The second-order valence-electron chi connectivity index (χ2n) is 4.84. The number of ether oxygens (including phenoxy) is 1. The van der Waals surface area contributed by atoms with Crippen LogP contribution >= 0.6 is 23.4 Å². The average Bonchev–Trinajstić information content (AvgIpc) is 2.97. The molecule has 1 aromatic heterocycles. The molecule has 0 saturated carbocycles. The normalized spacial score (nSPS) is 10.5. The fourth-order valence-corrected chi connectivity index (χ4v) is 3.03. The van der Waals surface area contributed by atoms with Gasteiger partial charge >= 0.3 is 0 Å². The van der Waals surface area contributed by atoms with Gasteiger partial charge < -0.3 is 14.6 Å². The molecule has 0 aliphatic carbocycles. The summed E-state index contributed by atoms with van der Waals surface area (Å²) >= 11 is 7.31. The first-order valence-corrected chi connectivity index (χ1v) is 8.74. The summed E-state index contributed by atoms with van der Waals surface area (Å²) in [5.74, 6) is 1.47. The van der Waals surface area contributed by atoms with Crippen molar-refractivity contribution in [1.82, 2.24) is 14.8 Å². The summed E-state index contributed by atoms with van der Waals surface area (Å²) in [6, 6.07) is 5.08. The third kappa shape index (κ3) is 4.52. The van der Waals surface area contributed by atoms with Gasteiger partial charge in [0.25, 0.3) is 0 Å². The van der Waals surface area contributed by atoms with Crippen molar-refractivity contribution in [3.05, 3.63) is 41.7 Å². The van der Waals surface area contributed by atoms with Crippen LogP contribution in [0.2, 0.25) is 5.02 Å². The van der Waals surface area contributed by atoms with E-state index < -0.39 is 0 Å². The Hall–Kier alpha value is -1.99. The maximum atomic E-state index is 12.1. The lowest BCUT2D eigenvalue weighted by Gasteiger charge is -2.09. The van der Waals surface area contributed by atoms with Crippen molar-refractivity contribution in [2.45, 2.75) is 25.0 Å². The topological polar surface area (TPSA) is 69.0 Å². The van der Waals surface area contributed by atoms with Gasteiger partial charge in [0.05, 0.1) is 17.9 Å². The molecule has 2 aromatic rings. The van der Waals surface area contributed by atoms with Gasteiger partial charge in [0.15, 0.2) is 5.16 Å². The van der Waals surface area contributed by atoms with E-state index in [1.807, 2.05) is 11.5 Å². The summed E-state index contributed by atoms with van der Waals surface area (Å²) in [6.45, 7) is 6.37. The zero-order chi connectivity index (χ0) is 17.5. The largest absolute Gasteiger partial charge is 0.495 e. The number of amides is 1. The Morgan fingerprint density at radius 2 is 2.29 bits per heavy atom. The van der Waals surface area contributed by atoms with Crippen LogP contribution in [0.25, 0.3) is 0 Å². The lowest BCUT2D eigenvalue weighted by molar-refractivity contribution is -0.113. The second kappa shape index (κ2) is 8.75. The smallest absolute Gasteiger partial charge is 0.234 e. The monoisotopic (exact) mass is 366 g/mol. The highest BCUT2D eigenvalue weighted by molar-refractivity contribution is 7.99. The van der Waals surface area contributed by atoms with Crippen molar-refractivity contribution >= 4 is 35.0 Å². The number of aromatic nitrogens is 3. The summed E-state index contributed by atoms with van der Waals surface area (Å²) in [4.78, 5) is 12.1. The Balaban J connectivity index is 1.98. The van der Waals surface area contributed by atoms with E-state index in [0.29, 0.717) is 28.2 Å². The first-order chi connectivity index (χ1) is 11.6. The molecule has 6 nitrogen and oxygen atoms in total. The highest BCUT2D eigenvalue weighted by atomic mass is 35.5. The van der Waals surface area contributed by atoms with Gasteiger partial charge in [-0.25, -0.2) is 0 Å². The molecule has 0 aliphatic heterocycles. The van der Waals surface area contributed by atoms with E-state index >= 15 is 0 Å². The molecular formula is C16H19ClN4O2S. The van der Waals surface area contributed by atoms with Crippen LogP contribution in [0.15, 0.2) is 36.0 Å². The third-order valence-corrected chi connectivity index (χ3v) is 4.47. The van der Waals surface area contributed by atoms with Crippen LogP contribution in [0.4, 0.5) is 5.69 Å². The van der Waals surface area contributed by atoms with Gasteiger partial charge in [0.2, 0.25) is 5.91 Å². The highest BCUT2D eigenvalue weighted by Gasteiger charge is 2.13. The van der Waals surface area contributed by atoms with Crippen LogP contribution in [-0.2, 0) is 17.8 Å². The first-order valence-electron chi connectivity index (χ1n) is 7.38. The van der Waals surface area contributed by atoms with Gasteiger partial charge in [-0.2, -0.15) is 0 Å². The quantitative estimate of drug-likeness (QED) is 0.572. The number of methoxy groups -OCH3 is 1. The molecule has 0 spiro atoms. The van der Waals surface area contributed by atoms with Gasteiger partial charge in [-0.1, -0.05) is 36.4 Å². The SMILES string of the molecule is C=CCn1c(CC)nnc1SCC(=O)Nc1ccc(Cl)c(OC)c1. The number of carbonyl (C=O) groups is 1. The van der Waals surface area contributed by atoms with Crippen molar-refractivity contribution in [2.75, 3.05) is 18.2 Å². The fraction of sp³-hybridized carbons (Fsp3) is 0.312. The Bertz CT molecular complexity index is 733. The molecule has 1 aromatic carbocycles. The number of thioether (sulfide) groups is 1. The molecule has 8 heteroatoms. The maximum absolute atomic E-state index is 12.1. The van der Waals surface area contributed by atoms with Crippen LogP contribution in [0.5, 0.6) is 5.75 Å². The van der Waals surface area contributed by atoms with Crippen LogP contribution in [0, 0.1) is 0 Å². The van der Waals surface area contributed by atoms with Crippen molar-refractivity contribution in [3.63, 3.8) is 0 Å². The van der Waals surface area contributed by atoms with Gasteiger partial charge in [-0.15, -0.1) is 16.8 Å². The number of nitrogens with zero attached hydrogens (tertiary/aromatic N) is 3. The summed E-state index contributed by atoms with van der Waals surface area (Å²) in [5, 5.41) is 12.3. The highest BCUT2D eigenvalue weighted by Crippen LogP contribution is 2.27. The minimum Gasteiger partial charge on any atom is -0.495 e. The summed E-state index contributed by atoms with van der Waals surface area (Å²) in [5.41, 5.74) is 0.628. The number of rotatable bonds is 8. The molecule has 1 amide bonds. The molecule has 0 bridgehead atoms. The van der Waals surface area contributed by atoms with E-state index in [1.54, 1.807) is 24.3 Å². The number of hydrogen-bond donors (Lipinski definition) is 1. The Labute approximate surface area is 150 Å². The van der Waals surface area contributed by atoms with Crippen molar-refractivity contribution in [1.29, 1.82) is 0 Å². The number of hydrogen-bond acceptors (Lipinski definition) is 5. The van der Waals surface area contributed by atoms with Crippen LogP contribution < -0.4 is 10.1 Å². The molecule has 1 N–H and O–H groups in total. The molecule has 0 saturated heterocycles. The van der Waals surface area contributed by atoms with Crippen LogP contribution in [0.1, 0.15) is 12.7 Å². The maximum Gasteiger partial charge on any atom is 0.234 e. The molecule has 0 atom stereocenters. The van der Waals surface area contributed by atoms with Gasteiger partial charge in [-0.3, -0.25) is 4.79 Å². The standard InChI is InChI=1S/C16H19ClN4O2S/c1-4-8-21-14(5-2)19-20-16(21)24-10-15(22)18-11-6-7-12(17)13(9-11)23-3/h4,6-7,9H,1,5,8,10H2,2-3H3,(H,18,22). The first kappa shape index (κ1) is 18.4. The third-order valence-electron chi connectivity index (χ3n) is 3.19. The lowest BCUT2D eigenvalue weighted by atomic mass is 10.3. The minimum atomic E-state index is -0.143. The van der Waals surface area contributed by atoms with Gasteiger partial charge in [-0.05, 0) is 12.1 Å². The van der Waals surface area contributed by atoms with Crippen molar-refractivity contribution < 1.29 is 9.53 Å². The Morgan fingerprint density at radius 3 is 2.96 bits per heavy atom. The van der Waals surface area contributed by atoms with E-state index in [9.17, 15) is 4.79 Å². The number of aryl methyl sites for hydroxylation is 1. The molecule has 24 heavy (non-hydrogen) atoms. The molecule has 2 rings (SSSR count). The zero-order valence-corrected chi connectivity index (χ0v) is 15.2. The van der Waals surface area contributed by atoms with Gasteiger partial charge in [0.1, 0.15) is 11.6 Å². The van der Waals surface area contributed by atoms with Crippen LogP contribution in [0.3, 0.4) is 0 Å². The average molecular weight is 367 g/mol. The number of allylic oxidation sites excluding steroid dienone is 1. The number of nitrogens with one attached hydrogen (secondary N) is 1. The molecular weight excluding hydrogens is 348 g/mol. The number of benzene rings is 1. The molecule has 0 unspecified atom stereocenters. The van der Waals surface area contributed by atoms with E-state index in [-0.39, 0.29) is 11.7 Å².